The van der Waals surface area contributed by atoms with E-state index in [4.69, 9.17) is 0 Å². The molecule has 0 unspecified atom stereocenters. The number of sulfone groups is 1. The molecule has 0 spiro atoms. The maximum Gasteiger partial charge on any atom is 0.256 e. The van der Waals surface area contributed by atoms with Crippen molar-refractivity contribution in [2.24, 2.45) is 0 Å². The third-order valence-electron chi connectivity index (χ3n) is 3.96. The van der Waals surface area contributed by atoms with Gasteiger partial charge in [0.15, 0.2) is 9.84 Å². The molecule has 1 aliphatic heterocycles. The van der Waals surface area contributed by atoms with Gasteiger partial charge in [0, 0.05) is 42.2 Å². The Labute approximate surface area is 130 Å². The quantitative estimate of drug-likeness (QED) is 0.846. The molecule has 1 aromatic rings. The smallest absolute Gasteiger partial charge is 0.256 e. The number of aryl methyl sites for hydroxylation is 1. The Balaban J connectivity index is 2.38. The fourth-order valence-corrected chi connectivity index (χ4v) is 5.64. The number of hydrogen-bond donors (Lipinski definition) is 0. The zero-order valence-corrected chi connectivity index (χ0v) is 14.6. The van der Waals surface area contributed by atoms with Gasteiger partial charge in [-0.1, -0.05) is 0 Å². The lowest BCUT2D eigenvalue weighted by Gasteiger charge is -2.34. The number of carbonyl (C=O) groups excluding carboxylic acids is 1. The van der Waals surface area contributed by atoms with Gasteiger partial charge in [-0.05, 0) is 26.8 Å². The Morgan fingerprint density at radius 3 is 2.62 bits per heavy atom. The standard InChI is InChI=1S/C14H22N2O3S2/c1-5-15-10(2)8-12(11(15)3)14(17)16-6-7-20-9-13(16)21(4,18)19/h8,13H,5-7,9H2,1-4H3/t13-/m1/s1. The van der Waals surface area contributed by atoms with Crippen molar-refractivity contribution in [3.8, 4) is 0 Å². The number of amides is 1. The van der Waals surface area contributed by atoms with Gasteiger partial charge >= 0.3 is 0 Å². The van der Waals surface area contributed by atoms with Gasteiger partial charge in [0.05, 0.1) is 5.56 Å². The third-order valence-corrected chi connectivity index (χ3v) is 6.60. The second kappa shape index (κ2) is 6.04. The summed E-state index contributed by atoms with van der Waals surface area (Å²) < 4.78 is 25.9. The van der Waals surface area contributed by atoms with Gasteiger partial charge in [-0.3, -0.25) is 4.79 Å². The molecule has 5 nitrogen and oxygen atoms in total. The average Bonchev–Trinajstić information content (AvgIpc) is 2.71. The summed E-state index contributed by atoms with van der Waals surface area (Å²) in [6, 6.07) is 1.86. The first kappa shape index (κ1) is 16.4. The first-order valence-electron chi connectivity index (χ1n) is 7.01. The lowest BCUT2D eigenvalue weighted by atomic mass is 10.2. The number of nitrogens with zero attached hydrogens (tertiary/aromatic N) is 2. The van der Waals surface area contributed by atoms with Gasteiger partial charge in [0.25, 0.3) is 5.91 Å². The van der Waals surface area contributed by atoms with Crippen LogP contribution in [0, 0.1) is 13.8 Å². The highest BCUT2D eigenvalue weighted by atomic mass is 32.2. The fourth-order valence-electron chi connectivity index (χ4n) is 2.83. The summed E-state index contributed by atoms with van der Waals surface area (Å²) >= 11 is 1.59. The predicted octanol–water partition coefficient (Wildman–Crippen LogP) is 1.68. The van der Waals surface area contributed by atoms with E-state index >= 15 is 0 Å². The van der Waals surface area contributed by atoms with Crippen LogP contribution in [-0.4, -0.2) is 53.5 Å². The minimum Gasteiger partial charge on any atom is -0.349 e. The summed E-state index contributed by atoms with van der Waals surface area (Å²) in [6.07, 6.45) is 1.21. The molecule has 118 valence electrons. The number of thioether (sulfide) groups is 1. The number of rotatable bonds is 3. The Morgan fingerprint density at radius 1 is 1.43 bits per heavy atom. The van der Waals surface area contributed by atoms with E-state index in [2.05, 4.69) is 4.57 Å². The van der Waals surface area contributed by atoms with Crippen molar-refractivity contribution in [3.05, 3.63) is 23.0 Å². The van der Waals surface area contributed by atoms with E-state index in [0.717, 1.165) is 23.7 Å². The zero-order valence-electron chi connectivity index (χ0n) is 12.9. The molecule has 0 radical (unpaired) electrons. The Bertz CT molecular complexity index is 649. The van der Waals surface area contributed by atoms with E-state index in [1.807, 2.05) is 26.8 Å². The summed E-state index contributed by atoms with van der Waals surface area (Å²) in [4.78, 5) is 14.3. The second-order valence-electron chi connectivity index (χ2n) is 5.39. The molecule has 0 aliphatic carbocycles. The molecule has 7 heteroatoms. The van der Waals surface area contributed by atoms with Crippen LogP contribution < -0.4 is 0 Å². The first-order valence-corrected chi connectivity index (χ1v) is 10.1. The van der Waals surface area contributed by atoms with Crippen molar-refractivity contribution in [1.82, 2.24) is 9.47 Å². The van der Waals surface area contributed by atoms with Crippen LogP contribution in [0.4, 0.5) is 0 Å². The summed E-state index contributed by atoms with van der Waals surface area (Å²) in [5, 5.41) is -0.714. The minimum atomic E-state index is -3.27. The molecular formula is C14H22N2O3S2. The summed E-state index contributed by atoms with van der Waals surface area (Å²) in [5.74, 6) is 1.07. The van der Waals surface area contributed by atoms with Crippen molar-refractivity contribution in [2.75, 3.05) is 24.3 Å². The highest BCUT2D eigenvalue weighted by Gasteiger charge is 2.35. The molecule has 2 rings (SSSR count). The van der Waals surface area contributed by atoms with Gasteiger partial charge < -0.3 is 9.47 Å². The second-order valence-corrected chi connectivity index (χ2v) is 8.74. The van der Waals surface area contributed by atoms with Crippen LogP contribution in [0.1, 0.15) is 28.7 Å². The molecule has 0 N–H and O–H groups in total. The lowest BCUT2D eigenvalue weighted by Crippen LogP contribution is -2.50. The van der Waals surface area contributed by atoms with Crippen molar-refractivity contribution in [2.45, 2.75) is 32.7 Å². The van der Waals surface area contributed by atoms with E-state index in [1.54, 1.807) is 11.8 Å². The summed E-state index contributed by atoms with van der Waals surface area (Å²) in [6.45, 7) is 7.20. The minimum absolute atomic E-state index is 0.168. The topological polar surface area (TPSA) is 59.4 Å². The maximum absolute atomic E-state index is 12.8. The van der Waals surface area contributed by atoms with Crippen molar-refractivity contribution in [3.63, 3.8) is 0 Å². The Hall–Kier alpha value is -0.950. The SMILES string of the molecule is CCn1c(C)cc(C(=O)N2CCSC[C@H]2S(C)(=O)=O)c1C. The average molecular weight is 330 g/mol. The first-order chi connectivity index (χ1) is 9.77. The van der Waals surface area contributed by atoms with Crippen molar-refractivity contribution in [1.29, 1.82) is 0 Å². The monoisotopic (exact) mass is 330 g/mol. The Morgan fingerprint density at radius 2 is 2.10 bits per heavy atom. The van der Waals surface area contributed by atoms with Gasteiger partial charge in [0.1, 0.15) is 5.37 Å². The largest absolute Gasteiger partial charge is 0.349 e. The molecular weight excluding hydrogens is 308 g/mol. The van der Waals surface area contributed by atoms with Gasteiger partial charge in [-0.25, -0.2) is 8.42 Å². The summed E-state index contributed by atoms with van der Waals surface area (Å²) in [5.41, 5.74) is 2.56. The van der Waals surface area contributed by atoms with Crippen LogP contribution >= 0.6 is 11.8 Å². The van der Waals surface area contributed by atoms with E-state index in [0.29, 0.717) is 17.9 Å². The van der Waals surface area contributed by atoms with Crippen LogP contribution in [0.25, 0.3) is 0 Å². The molecule has 1 aliphatic rings. The van der Waals surface area contributed by atoms with Crippen LogP contribution in [0.5, 0.6) is 0 Å². The van der Waals surface area contributed by atoms with Gasteiger partial charge in [-0.2, -0.15) is 11.8 Å². The molecule has 2 heterocycles. The van der Waals surface area contributed by atoms with E-state index < -0.39 is 15.2 Å². The number of aromatic nitrogens is 1. The normalized spacial score (nSPS) is 19.8. The molecule has 1 fully saturated rings. The summed E-state index contributed by atoms with van der Waals surface area (Å²) in [7, 11) is -3.27. The van der Waals surface area contributed by atoms with Crippen LogP contribution in [0.2, 0.25) is 0 Å². The highest BCUT2D eigenvalue weighted by molar-refractivity contribution is 8.00. The number of carbonyl (C=O) groups is 1. The third kappa shape index (κ3) is 3.13. The maximum atomic E-state index is 12.8. The van der Waals surface area contributed by atoms with Gasteiger partial charge in [0.2, 0.25) is 0 Å². The molecule has 0 bridgehead atoms. The van der Waals surface area contributed by atoms with Crippen molar-refractivity contribution < 1.29 is 13.2 Å². The van der Waals surface area contributed by atoms with E-state index in [9.17, 15) is 13.2 Å². The molecule has 1 aromatic heterocycles. The number of hydrogen-bond acceptors (Lipinski definition) is 4. The Kier molecular flexibility index (Phi) is 4.72. The van der Waals surface area contributed by atoms with E-state index in [1.165, 1.54) is 11.2 Å². The van der Waals surface area contributed by atoms with Gasteiger partial charge in [-0.15, -0.1) is 0 Å². The lowest BCUT2D eigenvalue weighted by molar-refractivity contribution is 0.0749. The zero-order chi connectivity index (χ0) is 15.8. The molecule has 0 saturated carbocycles. The molecule has 1 amide bonds. The van der Waals surface area contributed by atoms with Crippen molar-refractivity contribution >= 4 is 27.5 Å². The van der Waals surface area contributed by atoms with Crippen LogP contribution in [0.15, 0.2) is 6.07 Å². The van der Waals surface area contributed by atoms with Crippen LogP contribution in [-0.2, 0) is 16.4 Å². The molecule has 1 atom stereocenters. The van der Waals surface area contributed by atoms with Crippen LogP contribution in [0.3, 0.4) is 0 Å². The van der Waals surface area contributed by atoms with E-state index in [-0.39, 0.29) is 5.91 Å². The molecule has 21 heavy (non-hydrogen) atoms. The molecule has 1 saturated heterocycles. The highest BCUT2D eigenvalue weighted by Crippen LogP contribution is 2.24. The fraction of sp³-hybridized carbons (Fsp3) is 0.643. The molecule has 0 aromatic carbocycles. The predicted molar refractivity (Wildman–Crippen MR) is 86.6 cm³/mol.